The Morgan fingerprint density at radius 2 is 1.76 bits per heavy atom. The number of likely N-dealkylation sites (tertiary alicyclic amines) is 1. The number of Topliss-reactive ketones (excluding diaryl/α,β-unsaturated/α-hetero) is 1. The zero-order valence-corrected chi connectivity index (χ0v) is 23.7. The number of ether oxygens (including phenoxy) is 2. The fourth-order valence-corrected chi connectivity index (χ4v) is 5.59. The molecule has 1 heterocycles. The first kappa shape index (κ1) is 27.7. The number of alkyl halides is 1. The molecule has 38 heavy (non-hydrogen) atoms. The lowest BCUT2D eigenvalue weighted by Gasteiger charge is -2.28. The average Bonchev–Trinajstić information content (AvgIpc) is 3.63. The van der Waals surface area contributed by atoms with Crippen LogP contribution in [0.3, 0.4) is 0 Å². The maximum absolute atomic E-state index is 16.1. The molecular weight excluding hydrogens is 479 g/mol. The number of nitrogens with zero attached hydrogens (tertiary/aromatic N) is 2. The quantitative estimate of drug-likeness (QED) is 0.284. The van der Waals surface area contributed by atoms with Crippen molar-refractivity contribution in [2.24, 2.45) is 5.92 Å². The lowest BCUT2D eigenvalue weighted by Crippen LogP contribution is -2.36. The second kappa shape index (κ2) is 9.79. The van der Waals surface area contributed by atoms with Crippen molar-refractivity contribution in [3.63, 3.8) is 0 Å². The molecule has 3 aliphatic rings. The number of benzene rings is 1. The van der Waals surface area contributed by atoms with Gasteiger partial charge in [0.25, 0.3) is 0 Å². The summed E-state index contributed by atoms with van der Waals surface area (Å²) in [4.78, 5) is 15.9. The van der Waals surface area contributed by atoms with Gasteiger partial charge in [0.05, 0.1) is 48.4 Å². The summed E-state index contributed by atoms with van der Waals surface area (Å²) < 4.78 is 27.6. The van der Waals surface area contributed by atoms with Gasteiger partial charge < -0.3 is 14.4 Å². The molecule has 1 saturated carbocycles. The first-order valence-corrected chi connectivity index (χ1v) is 13.5. The highest BCUT2D eigenvalue weighted by molar-refractivity contribution is 5.98. The second-order valence-electron chi connectivity index (χ2n) is 12.0. The number of fused-ring (bicyclic) bond motifs is 2. The third-order valence-corrected chi connectivity index (χ3v) is 7.98. The van der Waals surface area contributed by atoms with Crippen LogP contribution < -0.4 is 0 Å². The molecule has 0 bridgehead atoms. The molecule has 2 aliphatic carbocycles. The van der Waals surface area contributed by atoms with Crippen LogP contribution >= 0.6 is 0 Å². The Morgan fingerprint density at radius 1 is 1.13 bits per heavy atom. The number of allylic oxidation sites excluding steroid dienone is 3. The molecule has 2 fully saturated rings. The SMILES string of the molecule is C=C=C1C2C(=CC(OCC)=C(OCC)C2F)C2(CC2)N1CC(=O)c1cc(C(C)(C)C)cc(C(C)(C)C#N)c1. The van der Waals surface area contributed by atoms with E-state index in [2.05, 4.69) is 39.2 Å². The van der Waals surface area contributed by atoms with E-state index in [0.29, 0.717) is 30.2 Å². The topological polar surface area (TPSA) is 62.6 Å². The van der Waals surface area contributed by atoms with Gasteiger partial charge in [0, 0.05) is 5.56 Å². The summed E-state index contributed by atoms with van der Waals surface area (Å²) in [5.74, 6) is -0.0661. The first-order chi connectivity index (χ1) is 17.8. The molecule has 4 rings (SSSR count). The van der Waals surface area contributed by atoms with Gasteiger partial charge >= 0.3 is 0 Å². The number of halogens is 1. The van der Waals surface area contributed by atoms with Crippen LogP contribution in [0.25, 0.3) is 0 Å². The maximum Gasteiger partial charge on any atom is 0.182 e. The average molecular weight is 519 g/mol. The number of hydrogen-bond acceptors (Lipinski definition) is 5. The van der Waals surface area contributed by atoms with Crippen LogP contribution in [-0.2, 0) is 20.3 Å². The molecule has 0 N–H and O–H groups in total. The van der Waals surface area contributed by atoms with Crippen LogP contribution in [0.2, 0.25) is 0 Å². The third kappa shape index (κ3) is 4.58. The molecule has 1 spiro atoms. The minimum absolute atomic E-state index is 0.0758. The summed E-state index contributed by atoms with van der Waals surface area (Å²) in [5.41, 5.74) is 5.45. The van der Waals surface area contributed by atoms with Gasteiger partial charge in [0.15, 0.2) is 23.5 Å². The van der Waals surface area contributed by atoms with Crippen molar-refractivity contribution in [3.8, 4) is 6.07 Å². The van der Waals surface area contributed by atoms with Crippen molar-refractivity contribution in [1.82, 2.24) is 4.90 Å². The molecule has 1 aliphatic heterocycles. The molecule has 2 atom stereocenters. The van der Waals surface area contributed by atoms with Gasteiger partial charge in [-0.25, -0.2) is 4.39 Å². The standard InChI is InChI=1S/C32H39FN2O3/c1-9-24-27-23(17-26(37-10-2)29(28(27)33)38-11-3)32(12-13-32)35(24)18-25(36)20-14-21(30(4,5)6)16-22(15-20)31(7,8)19-34/h14-17,27-28H,1,10-13,18H2,2-8H3. The molecule has 0 aromatic heterocycles. The van der Waals surface area contributed by atoms with E-state index >= 15 is 4.39 Å². The van der Waals surface area contributed by atoms with E-state index in [9.17, 15) is 10.1 Å². The van der Waals surface area contributed by atoms with Crippen molar-refractivity contribution in [3.05, 3.63) is 76.1 Å². The van der Waals surface area contributed by atoms with Gasteiger partial charge in [0.1, 0.15) is 0 Å². The summed E-state index contributed by atoms with van der Waals surface area (Å²) in [6.07, 6.45) is 2.11. The zero-order chi connectivity index (χ0) is 28.0. The Labute approximate surface area is 226 Å². The van der Waals surface area contributed by atoms with Crippen molar-refractivity contribution in [2.75, 3.05) is 19.8 Å². The molecule has 1 aromatic rings. The lowest BCUT2D eigenvalue weighted by atomic mass is 9.79. The van der Waals surface area contributed by atoms with Crippen molar-refractivity contribution >= 4 is 5.78 Å². The highest BCUT2D eigenvalue weighted by Crippen LogP contribution is 2.62. The smallest absolute Gasteiger partial charge is 0.182 e. The van der Waals surface area contributed by atoms with Gasteiger partial charge in [0.2, 0.25) is 0 Å². The summed E-state index contributed by atoms with van der Waals surface area (Å²) in [5, 5.41) is 9.78. The number of ketones is 1. The number of carbonyl (C=O) groups is 1. The molecule has 2 unspecified atom stereocenters. The Bertz CT molecular complexity index is 1300. The Balaban J connectivity index is 1.74. The molecule has 0 radical (unpaired) electrons. The van der Waals surface area contributed by atoms with Crippen molar-refractivity contribution < 1.29 is 18.7 Å². The third-order valence-electron chi connectivity index (χ3n) is 7.98. The Kier molecular flexibility index (Phi) is 7.14. The Hall–Kier alpha value is -3.29. The first-order valence-electron chi connectivity index (χ1n) is 13.5. The predicted octanol–water partition coefficient (Wildman–Crippen LogP) is 6.66. The van der Waals surface area contributed by atoms with E-state index in [4.69, 9.17) is 9.47 Å². The Morgan fingerprint density at radius 3 is 2.29 bits per heavy atom. The fraction of sp³-hybridized carbons (Fsp3) is 0.531. The molecule has 1 saturated heterocycles. The zero-order valence-electron chi connectivity index (χ0n) is 23.7. The van der Waals surface area contributed by atoms with Crippen LogP contribution in [0.15, 0.2) is 59.4 Å². The van der Waals surface area contributed by atoms with Gasteiger partial charge in [-0.15, -0.1) is 5.73 Å². The van der Waals surface area contributed by atoms with Gasteiger partial charge in [-0.1, -0.05) is 33.4 Å². The summed E-state index contributed by atoms with van der Waals surface area (Å²) in [6.45, 7) is 18.4. The van der Waals surface area contributed by atoms with Crippen LogP contribution in [0.5, 0.6) is 0 Å². The van der Waals surface area contributed by atoms with Crippen LogP contribution in [0.1, 0.15) is 82.8 Å². The molecule has 6 heteroatoms. The van der Waals surface area contributed by atoms with E-state index < -0.39 is 23.0 Å². The van der Waals surface area contributed by atoms with Crippen molar-refractivity contribution in [1.29, 1.82) is 5.26 Å². The van der Waals surface area contributed by atoms with Crippen LogP contribution in [-0.4, -0.2) is 42.2 Å². The molecular formula is C32H39FN2O3. The monoisotopic (exact) mass is 518 g/mol. The summed E-state index contributed by atoms with van der Waals surface area (Å²) >= 11 is 0. The summed E-state index contributed by atoms with van der Waals surface area (Å²) in [7, 11) is 0. The molecule has 5 nitrogen and oxygen atoms in total. The van der Waals surface area contributed by atoms with E-state index in [1.54, 1.807) is 0 Å². The molecule has 1 aromatic carbocycles. The van der Waals surface area contributed by atoms with E-state index in [0.717, 1.165) is 29.5 Å². The van der Waals surface area contributed by atoms with Crippen molar-refractivity contribution in [2.45, 2.75) is 83.8 Å². The maximum atomic E-state index is 16.1. The minimum atomic E-state index is -1.44. The summed E-state index contributed by atoms with van der Waals surface area (Å²) in [6, 6.07) is 8.15. The van der Waals surface area contributed by atoms with Gasteiger partial charge in [-0.2, -0.15) is 5.26 Å². The second-order valence-corrected chi connectivity index (χ2v) is 12.0. The van der Waals surface area contributed by atoms with E-state index in [-0.39, 0.29) is 23.5 Å². The van der Waals surface area contributed by atoms with E-state index in [1.165, 1.54) is 0 Å². The number of carbonyl (C=O) groups excluding carboxylic acids is 1. The number of rotatable bonds is 8. The molecule has 0 amide bonds. The highest BCUT2D eigenvalue weighted by atomic mass is 19.1. The predicted molar refractivity (Wildman–Crippen MR) is 146 cm³/mol. The number of nitriles is 1. The normalized spacial score (nSPS) is 22.0. The van der Waals surface area contributed by atoms with Gasteiger partial charge in [-0.05, 0) is 80.9 Å². The fourth-order valence-electron chi connectivity index (χ4n) is 5.59. The number of hydrogen-bond donors (Lipinski definition) is 0. The molecule has 202 valence electrons. The largest absolute Gasteiger partial charge is 0.491 e. The van der Waals surface area contributed by atoms with E-state index in [1.807, 2.05) is 56.9 Å². The highest BCUT2D eigenvalue weighted by Gasteiger charge is 2.63. The van der Waals surface area contributed by atoms with Crippen LogP contribution in [0, 0.1) is 17.2 Å². The lowest BCUT2D eigenvalue weighted by molar-refractivity contribution is 0.0932. The minimum Gasteiger partial charge on any atom is -0.491 e. The van der Waals surface area contributed by atoms with Crippen LogP contribution in [0.4, 0.5) is 4.39 Å². The van der Waals surface area contributed by atoms with Gasteiger partial charge in [-0.3, -0.25) is 4.79 Å².